The number of carbonyl (C=O) groups excluding carboxylic acids is 2. The Bertz CT molecular complexity index is 936. The number of nitrogens with zero attached hydrogens (tertiary/aromatic N) is 5. The van der Waals surface area contributed by atoms with Gasteiger partial charge in [-0.2, -0.15) is 0 Å². The number of aromatic nitrogens is 2. The van der Waals surface area contributed by atoms with Crippen LogP contribution in [0.25, 0.3) is 5.69 Å². The van der Waals surface area contributed by atoms with Crippen LogP contribution in [-0.2, 0) is 4.79 Å². The van der Waals surface area contributed by atoms with Gasteiger partial charge in [0.2, 0.25) is 0 Å². The fourth-order valence-corrected chi connectivity index (χ4v) is 3.50. The highest BCUT2D eigenvalue weighted by Crippen LogP contribution is 2.26. The van der Waals surface area contributed by atoms with Gasteiger partial charge >= 0.3 is 11.8 Å². The molecule has 1 aromatic carbocycles. The summed E-state index contributed by atoms with van der Waals surface area (Å²) in [5.74, 6) is 1.07. The second kappa shape index (κ2) is 6.11. The largest absolute Gasteiger partial charge is 0.328 e. The summed E-state index contributed by atoms with van der Waals surface area (Å²) in [5, 5.41) is 6.59. The lowest BCUT2D eigenvalue weighted by molar-refractivity contribution is -0.641. The van der Waals surface area contributed by atoms with Gasteiger partial charge in [0.1, 0.15) is 0 Å². The maximum absolute atomic E-state index is 12.6. The summed E-state index contributed by atoms with van der Waals surface area (Å²) in [7, 11) is 4.96. The number of aliphatic imine (C=N–C) groups is 1. The van der Waals surface area contributed by atoms with Gasteiger partial charge in [0.05, 0.1) is 11.8 Å². The molecule has 0 radical (unpaired) electrons. The molecule has 4 rings (SSSR count). The number of rotatable bonds is 2. The quantitative estimate of drug-likeness (QED) is 0.757. The van der Waals surface area contributed by atoms with E-state index in [1.807, 2.05) is 48.0 Å². The van der Waals surface area contributed by atoms with Crippen molar-refractivity contribution in [2.24, 2.45) is 4.99 Å². The average Bonchev–Trinajstić information content (AvgIpc) is 3.19. The lowest BCUT2D eigenvalue weighted by atomic mass is 10.1. The van der Waals surface area contributed by atoms with E-state index in [1.54, 1.807) is 19.0 Å². The number of likely N-dealkylation sites (N-methyl/N-ethyl adjacent to an activating group) is 3. The molecule has 1 fully saturated rings. The van der Waals surface area contributed by atoms with Crippen molar-refractivity contribution in [1.29, 1.82) is 0 Å². The van der Waals surface area contributed by atoms with E-state index in [-0.39, 0.29) is 11.9 Å². The number of carbonyl (C=O) groups is 2. The average molecular weight is 368 g/mol. The number of fused-ring (bicyclic) bond motifs is 1. The monoisotopic (exact) mass is 368 g/mol. The Balaban J connectivity index is 1.67. The van der Waals surface area contributed by atoms with Crippen LogP contribution in [0.15, 0.2) is 41.4 Å². The molecular weight excluding hydrogens is 346 g/mol. The zero-order valence-corrected chi connectivity index (χ0v) is 15.7. The molecule has 0 saturated carbocycles. The molecule has 2 aliphatic rings. The van der Waals surface area contributed by atoms with Crippen LogP contribution >= 0.6 is 0 Å². The number of hydrogen-bond donors (Lipinski definition) is 2. The van der Waals surface area contributed by atoms with Gasteiger partial charge < -0.3 is 9.80 Å². The van der Waals surface area contributed by atoms with Gasteiger partial charge in [-0.3, -0.25) is 9.69 Å². The van der Waals surface area contributed by atoms with E-state index in [0.717, 1.165) is 22.1 Å². The number of H-pyrrole nitrogens is 1. The zero-order chi connectivity index (χ0) is 19.3. The lowest BCUT2D eigenvalue weighted by Crippen LogP contribution is -2.63. The van der Waals surface area contributed by atoms with Crippen LogP contribution in [0.1, 0.15) is 5.69 Å². The highest BCUT2D eigenvalue weighted by atomic mass is 16.2. The number of amides is 3. The van der Waals surface area contributed by atoms with Gasteiger partial charge in [-0.1, -0.05) is 18.2 Å². The fraction of sp³-hybridized carbons (Fsp3) is 0.333. The number of hydrogen-bond acceptors (Lipinski definition) is 5. The van der Waals surface area contributed by atoms with E-state index in [4.69, 9.17) is 0 Å². The van der Waals surface area contributed by atoms with Crippen LogP contribution in [-0.4, -0.2) is 71.0 Å². The Morgan fingerprint density at radius 1 is 1.11 bits per heavy atom. The SMILES string of the molecule is Cc1cc(NC2=N[C@@H]3[C@@H](C(=O)N(C)C(=O)N3C)N2C)[n+](-c2ccccc2)[nH]1. The van der Waals surface area contributed by atoms with E-state index in [9.17, 15) is 9.59 Å². The van der Waals surface area contributed by atoms with Gasteiger partial charge in [0.15, 0.2) is 17.9 Å². The maximum Gasteiger partial charge on any atom is 0.328 e. The summed E-state index contributed by atoms with van der Waals surface area (Å²) in [5.41, 5.74) is 1.94. The van der Waals surface area contributed by atoms with Crippen molar-refractivity contribution in [2.75, 3.05) is 26.5 Å². The Hall–Kier alpha value is -3.36. The second-order valence-electron chi connectivity index (χ2n) is 6.83. The first-order valence-corrected chi connectivity index (χ1v) is 8.67. The van der Waals surface area contributed by atoms with Gasteiger partial charge in [-0.25, -0.2) is 20.2 Å². The molecule has 27 heavy (non-hydrogen) atoms. The smallest absolute Gasteiger partial charge is 0.310 e. The third kappa shape index (κ3) is 2.62. The molecule has 3 heterocycles. The third-order valence-electron chi connectivity index (χ3n) is 4.99. The minimum Gasteiger partial charge on any atom is -0.310 e. The molecule has 2 aliphatic heterocycles. The Morgan fingerprint density at radius 3 is 2.52 bits per heavy atom. The Kier molecular flexibility index (Phi) is 3.87. The van der Waals surface area contributed by atoms with Crippen LogP contribution in [0.2, 0.25) is 0 Å². The first-order chi connectivity index (χ1) is 12.9. The predicted octanol–water partition coefficient (Wildman–Crippen LogP) is 0.532. The molecule has 0 aliphatic carbocycles. The second-order valence-corrected chi connectivity index (χ2v) is 6.83. The van der Waals surface area contributed by atoms with Crippen LogP contribution in [0.3, 0.4) is 0 Å². The molecule has 0 bridgehead atoms. The van der Waals surface area contributed by atoms with Gasteiger partial charge in [0, 0.05) is 21.1 Å². The molecule has 2 N–H and O–H groups in total. The van der Waals surface area contributed by atoms with Crippen molar-refractivity contribution < 1.29 is 14.3 Å². The van der Waals surface area contributed by atoms with Crippen LogP contribution in [0, 0.1) is 6.92 Å². The van der Waals surface area contributed by atoms with E-state index in [1.165, 1.54) is 11.9 Å². The Labute approximate surface area is 156 Å². The molecule has 9 nitrogen and oxygen atoms in total. The number of anilines is 1. The highest BCUT2D eigenvalue weighted by Gasteiger charge is 2.51. The molecule has 3 amide bonds. The Morgan fingerprint density at radius 2 is 1.81 bits per heavy atom. The van der Waals surface area contributed by atoms with Crippen LogP contribution < -0.4 is 10.00 Å². The summed E-state index contributed by atoms with van der Waals surface area (Å²) in [4.78, 5) is 33.8. The summed E-state index contributed by atoms with van der Waals surface area (Å²) in [6.07, 6.45) is -0.543. The highest BCUT2D eigenvalue weighted by molar-refractivity contribution is 6.05. The normalized spacial score (nSPS) is 22.2. The van der Waals surface area contributed by atoms with Gasteiger partial charge in [0.25, 0.3) is 11.9 Å². The molecule has 0 unspecified atom stereocenters. The van der Waals surface area contributed by atoms with Crippen LogP contribution in [0.5, 0.6) is 0 Å². The first-order valence-electron chi connectivity index (χ1n) is 8.67. The molecule has 0 spiro atoms. The van der Waals surface area contributed by atoms with Crippen molar-refractivity contribution in [1.82, 2.24) is 19.8 Å². The topological polar surface area (TPSA) is 87.9 Å². The number of imide groups is 1. The van der Waals surface area contributed by atoms with Crippen molar-refractivity contribution in [3.8, 4) is 5.69 Å². The van der Waals surface area contributed by atoms with Crippen molar-refractivity contribution in [3.05, 3.63) is 42.1 Å². The van der Waals surface area contributed by atoms with Gasteiger partial charge in [-0.05, 0) is 19.1 Å². The molecule has 140 valence electrons. The summed E-state index contributed by atoms with van der Waals surface area (Å²) in [6, 6.07) is 11.0. The number of benzene rings is 1. The minimum atomic E-state index is -0.543. The number of aryl methyl sites for hydroxylation is 1. The summed E-state index contributed by atoms with van der Waals surface area (Å²) < 4.78 is 1.91. The molecule has 9 heteroatoms. The molecule has 2 aromatic rings. The van der Waals surface area contributed by atoms with Crippen LogP contribution in [0.4, 0.5) is 10.6 Å². The summed E-state index contributed by atoms with van der Waals surface area (Å²) >= 11 is 0. The van der Waals surface area contributed by atoms with Gasteiger partial charge in [-0.15, -0.1) is 4.68 Å². The number of aromatic amines is 1. The van der Waals surface area contributed by atoms with Crippen molar-refractivity contribution in [3.63, 3.8) is 0 Å². The van der Waals surface area contributed by atoms with E-state index in [2.05, 4.69) is 15.4 Å². The predicted molar refractivity (Wildman–Crippen MR) is 99.4 cm³/mol. The molecular formula is C18H22N7O2+. The lowest BCUT2D eigenvalue weighted by Gasteiger charge is -2.38. The van der Waals surface area contributed by atoms with E-state index < -0.39 is 12.2 Å². The molecule has 1 aromatic heterocycles. The summed E-state index contributed by atoms with van der Waals surface area (Å²) in [6.45, 7) is 1.97. The fourth-order valence-electron chi connectivity index (χ4n) is 3.50. The zero-order valence-electron chi connectivity index (χ0n) is 15.7. The number of para-hydroxylation sites is 1. The standard InChI is InChI=1S/C18H21N7O2/c1-11-10-13(25(21-11)12-8-6-5-7-9-12)19-17-20-15-14(22(17)2)16(26)24(4)18(27)23(15)3/h5-10,14-15H,1-4H3,(H,19,20,21)/p+1/t14-,15-/m0/s1. The number of guanidine groups is 1. The molecule has 1 saturated heterocycles. The maximum atomic E-state index is 12.6. The third-order valence-corrected chi connectivity index (χ3v) is 4.99. The van der Waals surface area contributed by atoms with E-state index >= 15 is 0 Å². The van der Waals surface area contributed by atoms with Crippen molar-refractivity contribution >= 4 is 23.7 Å². The first kappa shape index (κ1) is 17.1. The minimum absolute atomic E-state index is 0.257. The molecule has 2 atom stereocenters. The number of urea groups is 1. The van der Waals surface area contributed by atoms with E-state index in [0.29, 0.717) is 5.96 Å². The van der Waals surface area contributed by atoms with Crippen molar-refractivity contribution in [2.45, 2.75) is 19.1 Å². The number of nitrogens with one attached hydrogen (secondary N) is 2.